The van der Waals surface area contributed by atoms with Gasteiger partial charge in [-0.3, -0.25) is 0 Å². The molecule has 0 spiro atoms. The maximum absolute atomic E-state index is 6.16. The molecule has 0 unspecified atom stereocenters. The van der Waals surface area contributed by atoms with Crippen LogP contribution in [-0.2, 0) is 0 Å². The summed E-state index contributed by atoms with van der Waals surface area (Å²) < 4.78 is 5.15. The van der Waals surface area contributed by atoms with Gasteiger partial charge in [0.1, 0.15) is 22.6 Å². The van der Waals surface area contributed by atoms with Crippen LogP contribution in [0.3, 0.4) is 0 Å². The highest BCUT2D eigenvalue weighted by molar-refractivity contribution is 6.32. The van der Waals surface area contributed by atoms with Crippen LogP contribution in [0.1, 0.15) is 5.56 Å². The number of hydrogen-bond acceptors (Lipinski definition) is 4. The van der Waals surface area contributed by atoms with E-state index >= 15 is 0 Å². The van der Waals surface area contributed by atoms with Crippen molar-refractivity contribution in [2.45, 2.75) is 6.92 Å². The molecule has 1 heterocycles. The minimum absolute atomic E-state index is 0.175. The zero-order valence-corrected chi connectivity index (χ0v) is 14.6. The molecule has 0 amide bonds. The highest BCUT2D eigenvalue weighted by Gasteiger charge is 2.10. The molecule has 0 aliphatic rings. The molecular formula is C16H15Cl2N5O. The summed E-state index contributed by atoms with van der Waals surface area (Å²) >= 11 is 11.8. The van der Waals surface area contributed by atoms with Crippen molar-refractivity contribution in [2.24, 2.45) is 10.7 Å². The average molecular weight is 364 g/mol. The summed E-state index contributed by atoms with van der Waals surface area (Å²) in [5.74, 6) is 1.13. The third-order valence-electron chi connectivity index (χ3n) is 3.47. The van der Waals surface area contributed by atoms with Gasteiger partial charge in [-0.05, 0) is 42.8 Å². The van der Waals surface area contributed by atoms with Gasteiger partial charge < -0.3 is 10.5 Å². The maximum Gasteiger partial charge on any atom is 0.137 e. The topological polar surface area (TPSA) is 78.3 Å². The van der Waals surface area contributed by atoms with Gasteiger partial charge >= 0.3 is 0 Å². The first kappa shape index (κ1) is 16.5. The second kappa shape index (κ2) is 6.67. The van der Waals surface area contributed by atoms with Crippen molar-refractivity contribution in [2.75, 3.05) is 13.0 Å². The van der Waals surface area contributed by atoms with E-state index in [9.17, 15) is 0 Å². The number of nitrogens with zero attached hydrogens (tertiary/aromatic N) is 4. The number of ether oxygens (including phenoxy) is 1. The molecule has 0 saturated heterocycles. The van der Waals surface area contributed by atoms with Crippen LogP contribution in [0.4, 0.5) is 5.69 Å². The average Bonchev–Trinajstić information content (AvgIpc) is 2.97. The largest absolute Gasteiger partial charge is 0.495 e. The Morgan fingerprint density at radius 3 is 2.58 bits per heavy atom. The molecule has 0 radical (unpaired) electrons. The number of rotatable bonds is 4. The minimum Gasteiger partial charge on any atom is -0.495 e. The van der Waals surface area contributed by atoms with E-state index in [1.54, 1.807) is 19.2 Å². The molecule has 0 aliphatic carbocycles. The summed E-state index contributed by atoms with van der Waals surface area (Å²) in [5, 5.41) is 9.45. The van der Waals surface area contributed by atoms with Gasteiger partial charge in [0, 0.05) is 0 Å². The number of aromatic nitrogens is 3. The molecule has 0 atom stereocenters. The second-order valence-electron chi connectivity index (χ2n) is 5.17. The molecule has 0 bridgehead atoms. The molecule has 0 saturated carbocycles. The maximum atomic E-state index is 6.16. The number of aliphatic imine (C=N–C) groups is 1. The first-order valence-corrected chi connectivity index (χ1v) is 8.03. The van der Waals surface area contributed by atoms with E-state index < -0.39 is 0 Å². The number of methoxy groups -OCH3 is 1. The first-order chi connectivity index (χ1) is 11.5. The van der Waals surface area contributed by atoms with E-state index in [0.717, 1.165) is 22.5 Å². The zero-order chi connectivity index (χ0) is 17.3. The van der Waals surface area contributed by atoms with Crippen molar-refractivity contribution in [3.63, 3.8) is 0 Å². The number of halogens is 2. The van der Waals surface area contributed by atoms with Crippen molar-refractivity contribution in [3.05, 3.63) is 40.9 Å². The van der Waals surface area contributed by atoms with Crippen LogP contribution in [0, 0.1) is 6.92 Å². The Kier molecular flexibility index (Phi) is 4.59. The van der Waals surface area contributed by atoms with Crippen LogP contribution in [0.15, 0.2) is 35.3 Å². The summed E-state index contributed by atoms with van der Waals surface area (Å²) in [5.41, 5.74) is 9.56. The fraction of sp³-hybridized carbons (Fsp3) is 0.188. The normalized spacial score (nSPS) is 11.9. The third-order valence-corrected chi connectivity index (χ3v) is 4.03. The third kappa shape index (κ3) is 3.16. The molecule has 3 rings (SSSR count). The second-order valence-corrected chi connectivity index (χ2v) is 5.85. The lowest BCUT2D eigenvalue weighted by atomic mass is 10.2. The Morgan fingerprint density at radius 2 is 1.96 bits per heavy atom. The number of alkyl halides is 1. The SMILES string of the molecule is COc1ccc(-n2nc3cc(C)c(N=C(N)CCl)cc3n2)cc1Cl. The Labute approximate surface area is 148 Å². The van der Waals surface area contributed by atoms with E-state index in [4.69, 9.17) is 33.7 Å². The minimum atomic E-state index is 0.175. The van der Waals surface area contributed by atoms with Gasteiger partial charge in [0.2, 0.25) is 0 Å². The lowest BCUT2D eigenvalue weighted by Gasteiger charge is -2.04. The molecule has 8 heteroatoms. The summed E-state index contributed by atoms with van der Waals surface area (Å²) in [7, 11) is 1.57. The summed E-state index contributed by atoms with van der Waals surface area (Å²) in [4.78, 5) is 5.82. The Bertz CT molecular complexity index is 936. The van der Waals surface area contributed by atoms with Gasteiger partial charge in [-0.1, -0.05) is 11.6 Å². The van der Waals surface area contributed by atoms with Crippen molar-refractivity contribution in [1.82, 2.24) is 15.0 Å². The molecule has 1 aromatic heterocycles. The predicted octanol–water partition coefficient (Wildman–Crippen LogP) is 3.62. The van der Waals surface area contributed by atoms with E-state index in [-0.39, 0.29) is 5.88 Å². The van der Waals surface area contributed by atoms with E-state index in [1.807, 2.05) is 25.1 Å². The van der Waals surface area contributed by atoms with Gasteiger partial charge in [0.25, 0.3) is 0 Å². The quantitative estimate of drug-likeness (QED) is 0.436. The molecular weight excluding hydrogens is 349 g/mol. The van der Waals surface area contributed by atoms with Crippen LogP contribution >= 0.6 is 23.2 Å². The van der Waals surface area contributed by atoms with Crippen molar-refractivity contribution in [3.8, 4) is 11.4 Å². The monoisotopic (exact) mass is 363 g/mol. The van der Waals surface area contributed by atoms with E-state index in [2.05, 4.69) is 15.2 Å². The number of benzene rings is 2. The Balaban J connectivity index is 2.07. The molecule has 124 valence electrons. The highest BCUT2D eigenvalue weighted by Crippen LogP contribution is 2.28. The number of aryl methyl sites for hydroxylation is 1. The van der Waals surface area contributed by atoms with E-state index in [0.29, 0.717) is 22.1 Å². The zero-order valence-electron chi connectivity index (χ0n) is 13.1. The van der Waals surface area contributed by atoms with E-state index in [1.165, 1.54) is 4.80 Å². The standard InChI is InChI=1S/C16H15Cl2N5O/c1-9-5-13-14(7-12(9)20-16(19)8-17)22-23(21-13)10-3-4-15(24-2)11(18)6-10/h3-7H,8H2,1-2H3,(H2,19,20). The van der Waals surface area contributed by atoms with Gasteiger partial charge in [0.15, 0.2) is 0 Å². The van der Waals surface area contributed by atoms with Gasteiger partial charge in [-0.2, -0.15) is 4.80 Å². The molecule has 0 aliphatic heterocycles. The fourth-order valence-electron chi connectivity index (χ4n) is 2.26. The van der Waals surface area contributed by atoms with Gasteiger partial charge in [0.05, 0.1) is 29.4 Å². The molecule has 24 heavy (non-hydrogen) atoms. The summed E-state index contributed by atoms with van der Waals surface area (Å²) in [6.07, 6.45) is 0. The highest BCUT2D eigenvalue weighted by atomic mass is 35.5. The van der Waals surface area contributed by atoms with Crippen LogP contribution in [-0.4, -0.2) is 33.8 Å². The van der Waals surface area contributed by atoms with Crippen molar-refractivity contribution < 1.29 is 4.74 Å². The summed E-state index contributed by atoms with van der Waals surface area (Å²) in [6, 6.07) is 9.09. The van der Waals surface area contributed by atoms with Crippen molar-refractivity contribution in [1.29, 1.82) is 0 Å². The van der Waals surface area contributed by atoms with Crippen molar-refractivity contribution >= 4 is 45.8 Å². The lowest BCUT2D eigenvalue weighted by Crippen LogP contribution is -2.12. The number of amidine groups is 1. The van der Waals surface area contributed by atoms with Crippen LogP contribution in [0.5, 0.6) is 5.75 Å². The number of nitrogens with two attached hydrogens (primary N) is 1. The Morgan fingerprint density at radius 1 is 1.25 bits per heavy atom. The lowest BCUT2D eigenvalue weighted by molar-refractivity contribution is 0.415. The summed E-state index contributed by atoms with van der Waals surface area (Å²) in [6.45, 7) is 1.93. The molecule has 6 nitrogen and oxygen atoms in total. The van der Waals surface area contributed by atoms with Crippen LogP contribution in [0.2, 0.25) is 5.02 Å². The van der Waals surface area contributed by atoms with Gasteiger partial charge in [-0.15, -0.1) is 21.8 Å². The smallest absolute Gasteiger partial charge is 0.137 e. The Hall–Kier alpha value is -2.31. The fourth-order valence-corrected chi connectivity index (χ4v) is 2.57. The molecule has 2 N–H and O–H groups in total. The van der Waals surface area contributed by atoms with Gasteiger partial charge in [-0.25, -0.2) is 4.99 Å². The number of hydrogen-bond donors (Lipinski definition) is 1. The molecule has 3 aromatic rings. The number of fused-ring (bicyclic) bond motifs is 1. The molecule has 0 fully saturated rings. The van der Waals surface area contributed by atoms with Crippen LogP contribution < -0.4 is 10.5 Å². The molecule has 2 aromatic carbocycles. The van der Waals surface area contributed by atoms with Crippen LogP contribution in [0.25, 0.3) is 16.7 Å². The predicted molar refractivity (Wildman–Crippen MR) is 97.2 cm³/mol. The first-order valence-electron chi connectivity index (χ1n) is 7.12.